The highest BCUT2D eigenvalue weighted by molar-refractivity contribution is 7.87. The van der Waals surface area contributed by atoms with Gasteiger partial charge in [0.05, 0.1) is 16.7 Å². The first-order valence-corrected chi connectivity index (χ1v) is 10.2. The van der Waals surface area contributed by atoms with Crippen molar-refractivity contribution in [3.63, 3.8) is 0 Å². The van der Waals surface area contributed by atoms with Crippen LogP contribution in [0, 0.1) is 11.3 Å². The fourth-order valence-electron chi connectivity index (χ4n) is 2.41. The van der Waals surface area contributed by atoms with Crippen LogP contribution in [-0.2, 0) is 10.1 Å². The Labute approximate surface area is 173 Å². The molecule has 0 N–H and O–H groups in total. The maximum absolute atomic E-state index is 12.4. The number of nitriles is 1. The standard InChI is InChI=1S/C21H13Cl2NO3S/c22-18-7-9-19(10-8-18)28(25,26)27-21-11-6-15(13-20(21)23)12-17(14-24)16-4-2-1-3-5-16/h1-13H/b17-12+. The van der Waals surface area contributed by atoms with E-state index in [0.717, 1.165) is 5.56 Å². The van der Waals surface area contributed by atoms with Crippen LogP contribution in [0.1, 0.15) is 11.1 Å². The number of hydrogen-bond donors (Lipinski definition) is 0. The summed E-state index contributed by atoms with van der Waals surface area (Å²) in [5.41, 5.74) is 1.87. The van der Waals surface area contributed by atoms with Gasteiger partial charge in [-0.25, -0.2) is 0 Å². The number of nitrogens with zero attached hydrogens (tertiary/aromatic N) is 1. The van der Waals surface area contributed by atoms with Gasteiger partial charge in [-0.15, -0.1) is 0 Å². The quantitative estimate of drug-likeness (QED) is 0.290. The minimum absolute atomic E-state index is 0.00742. The van der Waals surface area contributed by atoms with E-state index in [0.29, 0.717) is 16.2 Å². The number of halogens is 2. The van der Waals surface area contributed by atoms with Crippen LogP contribution in [0.3, 0.4) is 0 Å². The maximum atomic E-state index is 12.4. The van der Waals surface area contributed by atoms with Crippen molar-refractivity contribution in [1.29, 1.82) is 5.26 Å². The van der Waals surface area contributed by atoms with Crippen LogP contribution >= 0.6 is 23.2 Å². The lowest BCUT2D eigenvalue weighted by molar-refractivity contribution is 0.486. The molecule has 0 aliphatic rings. The van der Waals surface area contributed by atoms with Crippen LogP contribution in [0.5, 0.6) is 5.75 Å². The summed E-state index contributed by atoms with van der Waals surface area (Å²) < 4.78 is 29.9. The van der Waals surface area contributed by atoms with Crippen LogP contribution in [-0.4, -0.2) is 8.42 Å². The lowest BCUT2D eigenvalue weighted by atomic mass is 10.0. The molecule has 28 heavy (non-hydrogen) atoms. The van der Waals surface area contributed by atoms with Gasteiger partial charge >= 0.3 is 10.1 Å². The summed E-state index contributed by atoms with van der Waals surface area (Å²) >= 11 is 12.0. The molecule has 0 saturated carbocycles. The van der Waals surface area contributed by atoms with Crippen LogP contribution < -0.4 is 4.18 Å². The van der Waals surface area contributed by atoms with Gasteiger partial charge in [-0.05, 0) is 53.6 Å². The molecular formula is C21H13Cl2NO3S. The minimum Gasteiger partial charge on any atom is -0.377 e. The van der Waals surface area contributed by atoms with Gasteiger partial charge in [0.2, 0.25) is 0 Å². The number of rotatable bonds is 5. The van der Waals surface area contributed by atoms with Gasteiger partial charge in [-0.1, -0.05) is 59.6 Å². The van der Waals surface area contributed by atoms with Gasteiger partial charge in [0.25, 0.3) is 0 Å². The molecule has 0 unspecified atom stereocenters. The van der Waals surface area contributed by atoms with Crippen molar-refractivity contribution in [3.8, 4) is 11.8 Å². The van der Waals surface area contributed by atoms with Crippen molar-refractivity contribution < 1.29 is 12.6 Å². The Balaban J connectivity index is 1.87. The third-order valence-electron chi connectivity index (χ3n) is 3.77. The van der Waals surface area contributed by atoms with Gasteiger partial charge < -0.3 is 4.18 Å². The molecule has 0 heterocycles. The number of benzene rings is 3. The van der Waals surface area contributed by atoms with E-state index in [9.17, 15) is 13.7 Å². The Hall–Kier alpha value is -2.78. The Bertz CT molecular complexity index is 1170. The summed E-state index contributed by atoms with van der Waals surface area (Å²) in [5.74, 6) is -0.00742. The first kappa shape index (κ1) is 20.0. The average molecular weight is 430 g/mol. The molecule has 0 aromatic heterocycles. The summed E-state index contributed by atoms with van der Waals surface area (Å²) in [6.45, 7) is 0. The highest BCUT2D eigenvalue weighted by Gasteiger charge is 2.18. The highest BCUT2D eigenvalue weighted by atomic mass is 35.5. The molecule has 0 bridgehead atoms. The van der Waals surface area contributed by atoms with Crippen LogP contribution in [0.2, 0.25) is 10.0 Å². The molecular weight excluding hydrogens is 417 g/mol. The molecule has 0 aliphatic carbocycles. The summed E-state index contributed by atoms with van der Waals surface area (Å²) in [4.78, 5) is -0.0345. The Morgan fingerprint density at radius 2 is 1.64 bits per heavy atom. The zero-order valence-electron chi connectivity index (χ0n) is 14.3. The van der Waals surface area contributed by atoms with Gasteiger partial charge in [-0.2, -0.15) is 13.7 Å². The Morgan fingerprint density at radius 1 is 0.964 bits per heavy atom. The van der Waals surface area contributed by atoms with E-state index in [1.165, 1.54) is 36.4 Å². The third-order valence-corrected chi connectivity index (χ3v) is 5.57. The van der Waals surface area contributed by atoms with Crippen molar-refractivity contribution in [2.75, 3.05) is 0 Å². The number of hydrogen-bond acceptors (Lipinski definition) is 4. The maximum Gasteiger partial charge on any atom is 0.339 e. The summed E-state index contributed by atoms with van der Waals surface area (Å²) in [5, 5.41) is 9.92. The van der Waals surface area contributed by atoms with Gasteiger partial charge in [-0.3, -0.25) is 0 Å². The van der Waals surface area contributed by atoms with Crippen LogP contribution in [0.25, 0.3) is 11.6 Å². The van der Waals surface area contributed by atoms with Gasteiger partial charge in [0, 0.05) is 5.02 Å². The van der Waals surface area contributed by atoms with E-state index in [1.54, 1.807) is 12.1 Å². The first-order chi connectivity index (χ1) is 13.4. The molecule has 0 saturated heterocycles. The first-order valence-electron chi connectivity index (χ1n) is 8.06. The highest BCUT2D eigenvalue weighted by Crippen LogP contribution is 2.30. The molecule has 0 fully saturated rings. The monoisotopic (exact) mass is 429 g/mol. The fourth-order valence-corrected chi connectivity index (χ4v) is 3.75. The molecule has 0 aliphatic heterocycles. The summed E-state index contributed by atoms with van der Waals surface area (Å²) in [6.07, 6.45) is 1.67. The molecule has 7 heteroatoms. The predicted molar refractivity (Wildman–Crippen MR) is 111 cm³/mol. The molecule has 3 rings (SSSR count). The zero-order chi connectivity index (χ0) is 20.1. The SMILES string of the molecule is N#C/C(=C\c1ccc(OS(=O)(=O)c2ccc(Cl)cc2)c(Cl)c1)c1ccccc1. The number of allylic oxidation sites excluding steroid dienone is 1. The van der Waals surface area contributed by atoms with Crippen molar-refractivity contribution in [2.24, 2.45) is 0 Å². The van der Waals surface area contributed by atoms with E-state index in [4.69, 9.17) is 27.4 Å². The lowest BCUT2D eigenvalue weighted by Crippen LogP contribution is -2.09. The average Bonchev–Trinajstić information content (AvgIpc) is 2.69. The van der Waals surface area contributed by atoms with E-state index in [-0.39, 0.29) is 15.7 Å². The second kappa shape index (κ2) is 8.49. The predicted octanol–water partition coefficient (Wildman–Crippen LogP) is 5.83. The third kappa shape index (κ3) is 4.73. The molecule has 0 amide bonds. The van der Waals surface area contributed by atoms with Crippen LogP contribution in [0.4, 0.5) is 0 Å². The lowest BCUT2D eigenvalue weighted by Gasteiger charge is -2.09. The summed E-state index contributed by atoms with van der Waals surface area (Å²) in [7, 11) is -4.05. The second-order valence-electron chi connectivity index (χ2n) is 5.72. The molecule has 0 radical (unpaired) electrons. The topological polar surface area (TPSA) is 67.2 Å². The van der Waals surface area contributed by atoms with Gasteiger partial charge in [0.15, 0.2) is 5.75 Å². The van der Waals surface area contributed by atoms with Crippen molar-refractivity contribution in [2.45, 2.75) is 4.90 Å². The van der Waals surface area contributed by atoms with Crippen molar-refractivity contribution >= 4 is 45.0 Å². The van der Waals surface area contributed by atoms with E-state index in [1.807, 2.05) is 30.3 Å². The van der Waals surface area contributed by atoms with E-state index in [2.05, 4.69) is 6.07 Å². The van der Waals surface area contributed by atoms with E-state index >= 15 is 0 Å². The minimum atomic E-state index is -4.05. The van der Waals surface area contributed by atoms with Crippen molar-refractivity contribution in [3.05, 3.63) is 94.0 Å². The van der Waals surface area contributed by atoms with Crippen LogP contribution in [0.15, 0.2) is 77.7 Å². The van der Waals surface area contributed by atoms with Crippen molar-refractivity contribution in [1.82, 2.24) is 0 Å². The largest absolute Gasteiger partial charge is 0.377 e. The smallest absolute Gasteiger partial charge is 0.339 e. The molecule has 3 aromatic rings. The Morgan fingerprint density at radius 3 is 2.25 bits per heavy atom. The second-order valence-corrected chi connectivity index (χ2v) is 8.11. The molecule has 0 spiro atoms. The summed E-state index contributed by atoms with van der Waals surface area (Å²) in [6, 6.07) is 21.6. The molecule has 3 aromatic carbocycles. The molecule has 0 atom stereocenters. The zero-order valence-corrected chi connectivity index (χ0v) is 16.7. The molecule has 140 valence electrons. The normalized spacial score (nSPS) is 11.7. The van der Waals surface area contributed by atoms with E-state index < -0.39 is 10.1 Å². The fraction of sp³-hybridized carbons (Fsp3) is 0. The van der Waals surface area contributed by atoms with Gasteiger partial charge in [0.1, 0.15) is 4.90 Å². The Kier molecular flexibility index (Phi) is 6.05. The molecule has 4 nitrogen and oxygen atoms in total.